The molecule has 0 aliphatic heterocycles. The van der Waals surface area contributed by atoms with Crippen molar-refractivity contribution in [2.24, 2.45) is 0 Å². The molecule has 9 aromatic rings. The first kappa shape index (κ1) is 28.1. The van der Waals surface area contributed by atoms with Gasteiger partial charge in [0.15, 0.2) is 5.82 Å². The fourth-order valence-corrected chi connectivity index (χ4v) is 6.98. The van der Waals surface area contributed by atoms with Crippen LogP contribution in [0, 0.1) is 0 Å². The van der Waals surface area contributed by atoms with Crippen LogP contribution in [0.25, 0.3) is 83.3 Å². The highest BCUT2D eigenvalue weighted by Gasteiger charge is 2.17. The average Bonchev–Trinajstić information content (AvgIpc) is 3.49. The molecule has 0 aliphatic rings. The van der Waals surface area contributed by atoms with Gasteiger partial charge in [-0.25, -0.2) is 0 Å². The summed E-state index contributed by atoms with van der Waals surface area (Å²) in [7, 11) is 0. The van der Waals surface area contributed by atoms with Gasteiger partial charge in [-0.2, -0.15) is 15.0 Å². The summed E-state index contributed by atoms with van der Waals surface area (Å²) in [5, 5.41) is 4.79. The number of fused-ring (bicyclic) bond motifs is 4. The van der Waals surface area contributed by atoms with E-state index in [0.717, 1.165) is 38.5 Å². The van der Waals surface area contributed by atoms with Crippen LogP contribution in [-0.2, 0) is 0 Å². The van der Waals surface area contributed by atoms with Crippen LogP contribution in [0.5, 0.6) is 0 Å². The van der Waals surface area contributed by atoms with Crippen LogP contribution in [0.4, 0.5) is 0 Å². The first-order valence-corrected chi connectivity index (χ1v) is 16.3. The van der Waals surface area contributed by atoms with Gasteiger partial charge in [-0.1, -0.05) is 146 Å². The van der Waals surface area contributed by atoms with Gasteiger partial charge >= 0.3 is 0 Å². The third-order valence-corrected chi connectivity index (χ3v) is 9.18. The minimum Gasteiger partial charge on any atom is -0.278 e. The minimum atomic E-state index is 0.147. The van der Waals surface area contributed by atoms with Crippen molar-refractivity contribution in [2.75, 3.05) is 0 Å². The number of aromatic nitrogens is 4. The Bertz CT molecular complexity index is 2570. The molecule has 0 aliphatic carbocycles. The smallest absolute Gasteiger partial charge is 0.239 e. The molecular weight excluding hydrogens is 608 g/mol. The second kappa shape index (κ2) is 11.6. The number of rotatable bonds is 5. The summed E-state index contributed by atoms with van der Waals surface area (Å²) in [6.07, 6.45) is 0. The van der Waals surface area contributed by atoms with Crippen LogP contribution in [0.2, 0.25) is 5.28 Å². The normalized spacial score (nSPS) is 11.4. The van der Waals surface area contributed by atoms with Gasteiger partial charge in [0.25, 0.3) is 0 Å². The van der Waals surface area contributed by atoms with Crippen LogP contribution in [0.3, 0.4) is 0 Å². The fraction of sp³-hybridized carbons (Fsp3) is 0. The second-order valence-corrected chi connectivity index (χ2v) is 12.2. The first-order chi connectivity index (χ1) is 23.7. The minimum absolute atomic E-state index is 0.147. The predicted molar refractivity (Wildman–Crippen MR) is 198 cm³/mol. The Morgan fingerprint density at radius 3 is 1.67 bits per heavy atom. The summed E-state index contributed by atoms with van der Waals surface area (Å²) < 4.78 is 2.06. The van der Waals surface area contributed by atoms with Crippen molar-refractivity contribution >= 4 is 44.2 Å². The van der Waals surface area contributed by atoms with Crippen molar-refractivity contribution in [1.29, 1.82) is 0 Å². The summed E-state index contributed by atoms with van der Waals surface area (Å²) in [6, 6.07) is 57.2. The third kappa shape index (κ3) is 4.82. The fourth-order valence-electron chi connectivity index (χ4n) is 6.83. The summed E-state index contributed by atoms with van der Waals surface area (Å²) in [5.74, 6) is 1.00. The predicted octanol–water partition coefficient (Wildman–Crippen LogP) is 11.4. The molecule has 48 heavy (non-hydrogen) atoms. The summed E-state index contributed by atoms with van der Waals surface area (Å²) in [4.78, 5) is 14.2. The lowest BCUT2D eigenvalue weighted by atomic mass is 9.90. The molecule has 0 bridgehead atoms. The molecule has 226 valence electrons. The monoisotopic (exact) mass is 634 g/mol. The maximum absolute atomic E-state index is 6.62. The SMILES string of the molecule is Clc1nc(-c2cccc(-c3cccc4cccc(-c5ccc(-c6ccccc6)cc5)c34)c2)nc(-n2c3ccccc3c3ccccc32)n1. The highest BCUT2D eigenvalue weighted by atomic mass is 35.5. The Kier molecular flexibility index (Phi) is 6.81. The zero-order valence-electron chi connectivity index (χ0n) is 25.8. The topological polar surface area (TPSA) is 43.6 Å². The molecule has 0 radical (unpaired) electrons. The number of nitrogens with zero attached hydrogens (tertiary/aromatic N) is 4. The Hall–Kier alpha value is -6.10. The van der Waals surface area contributed by atoms with Gasteiger partial charge in [-0.05, 0) is 74.0 Å². The van der Waals surface area contributed by atoms with Crippen LogP contribution in [0.15, 0.2) is 164 Å². The zero-order chi connectivity index (χ0) is 32.0. The quantitative estimate of drug-likeness (QED) is 0.189. The van der Waals surface area contributed by atoms with E-state index in [0.29, 0.717) is 11.8 Å². The molecule has 0 amide bonds. The van der Waals surface area contributed by atoms with E-state index in [9.17, 15) is 0 Å². The second-order valence-electron chi connectivity index (χ2n) is 11.8. The molecule has 2 aromatic heterocycles. The summed E-state index contributed by atoms with van der Waals surface area (Å²) >= 11 is 6.62. The lowest BCUT2D eigenvalue weighted by Crippen LogP contribution is -2.04. The van der Waals surface area contributed by atoms with Crippen LogP contribution < -0.4 is 0 Å². The largest absolute Gasteiger partial charge is 0.278 e. The lowest BCUT2D eigenvalue weighted by molar-refractivity contribution is 0.947. The Morgan fingerprint density at radius 2 is 0.958 bits per heavy atom. The molecule has 7 aromatic carbocycles. The highest BCUT2D eigenvalue weighted by molar-refractivity contribution is 6.28. The van der Waals surface area contributed by atoms with E-state index in [2.05, 4.69) is 154 Å². The lowest BCUT2D eigenvalue weighted by Gasteiger charge is -2.14. The Labute approximate surface area is 282 Å². The van der Waals surface area contributed by atoms with Gasteiger partial charge in [0.2, 0.25) is 11.2 Å². The molecule has 9 rings (SSSR count). The molecule has 0 saturated carbocycles. The van der Waals surface area contributed by atoms with Crippen molar-refractivity contribution in [1.82, 2.24) is 19.5 Å². The molecule has 0 saturated heterocycles. The van der Waals surface area contributed by atoms with E-state index < -0.39 is 0 Å². The summed E-state index contributed by atoms with van der Waals surface area (Å²) in [5.41, 5.74) is 9.86. The Balaban J connectivity index is 1.16. The molecule has 0 N–H and O–H groups in total. The van der Waals surface area contributed by atoms with Gasteiger partial charge < -0.3 is 0 Å². The molecule has 0 spiro atoms. The number of para-hydroxylation sites is 2. The van der Waals surface area contributed by atoms with Gasteiger partial charge in [0, 0.05) is 16.3 Å². The van der Waals surface area contributed by atoms with Crippen LogP contribution in [0.1, 0.15) is 0 Å². The molecule has 0 fully saturated rings. The molecule has 0 atom stereocenters. The number of halogens is 1. The Morgan fingerprint density at radius 1 is 0.417 bits per heavy atom. The third-order valence-electron chi connectivity index (χ3n) is 9.02. The molecule has 0 unspecified atom stereocenters. The summed E-state index contributed by atoms with van der Waals surface area (Å²) in [6.45, 7) is 0. The molecule has 4 nitrogen and oxygen atoms in total. The maximum Gasteiger partial charge on any atom is 0.239 e. The van der Waals surface area contributed by atoms with E-state index in [4.69, 9.17) is 16.6 Å². The van der Waals surface area contributed by atoms with Crippen molar-refractivity contribution in [3.8, 4) is 50.7 Å². The van der Waals surface area contributed by atoms with E-state index >= 15 is 0 Å². The number of benzene rings is 7. The van der Waals surface area contributed by atoms with Gasteiger partial charge in [-0.15, -0.1) is 0 Å². The standard InChI is InChI=1S/C43H27ClN4/c44-42-45-41(46-43(47-42)48-38-21-6-4-17-36(38)37-18-5-7-22-39(37)48)33-16-8-15-32(27-33)35-20-10-14-31-13-9-19-34(40(31)35)30-25-23-29(24-26-30)28-11-2-1-3-12-28/h1-27H. The highest BCUT2D eigenvalue weighted by Crippen LogP contribution is 2.38. The van der Waals surface area contributed by atoms with E-state index in [1.165, 1.54) is 33.0 Å². The van der Waals surface area contributed by atoms with E-state index in [-0.39, 0.29) is 5.28 Å². The number of hydrogen-bond donors (Lipinski definition) is 0. The maximum atomic E-state index is 6.62. The van der Waals surface area contributed by atoms with E-state index in [1.54, 1.807) is 0 Å². The first-order valence-electron chi connectivity index (χ1n) is 15.9. The van der Waals surface area contributed by atoms with Crippen molar-refractivity contribution in [3.63, 3.8) is 0 Å². The van der Waals surface area contributed by atoms with Gasteiger partial charge in [-0.3, -0.25) is 4.57 Å². The average molecular weight is 635 g/mol. The zero-order valence-corrected chi connectivity index (χ0v) is 26.5. The van der Waals surface area contributed by atoms with Gasteiger partial charge in [0.1, 0.15) is 0 Å². The van der Waals surface area contributed by atoms with Crippen LogP contribution >= 0.6 is 11.6 Å². The van der Waals surface area contributed by atoms with E-state index in [1.807, 2.05) is 24.3 Å². The van der Waals surface area contributed by atoms with Crippen molar-refractivity contribution < 1.29 is 0 Å². The van der Waals surface area contributed by atoms with Gasteiger partial charge in [0.05, 0.1) is 11.0 Å². The molecule has 5 heteroatoms. The molecular formula is C43H27ClN4. The van der Waals surface area contributed by atoms with Crippen molar-refractivity contribution in [2.45, 2.75) is 0 Å². The number of hydrogen-bond acceptors (Lipinski definition) is 3. The molecule has 2 heterocycles. The van der Waals surface area contributed by atoms with Crippen molar-refractivity contribution in [3.05, 3.63) is 169 Å². The van der Waals surface area contributed by atoms with Crippen LogP contribution in [-0.4, -0.2) is 19.5 Å².